The van der Waals surface area contributed by atoms with E-state index in [1.807, 2.05) is 12.1 Å². The Morgan fingerprint density at radius 3 is 2.57 bits per heavy atom. The number of piperidine rings is 1. The number of rotatable bonds is 2. The van der Waals surface area contributed by atoms with Gasteiger partial charge in [-0.05, 0) is 54.7 Å². The quantitative estimate of drug-likeness (QED) is 0.668. The van der Waals surface area contributed by atoms with Crippen LogP contribution in [-0.4, -0.2) is 29.0 Å². The van der Waals surface area contributed by atoms with Crippen LogP contribution in [0.5, 0.6) is 0 Å². The molecule has 0 aliphatic carbocycles. The summed E-state index contributed by atoms with van der Waals surface area (Å²) in [6.07, 6.45) is 5.47. The number of halogens is 1. The highest BCUT2D eigenvalue weighted by Crippen LogP contribution is 2.16. The first-order valence-corrected chi connectivity index (χ1v) is 7.87. The summed E-state index contributed by atoms with van der Waals surface area (Å²) in [4.78, 5) is 13.9. The Balaban J connectivity index is 1.83. The fraction of sp³-hybridized carbons (Fsp3) is 0.375. The second-order valence-corrected chi connectivity index (χ2v) is 6.17. The zero-order valence-electron chi connectivity index (χ0n) is 12.0. The fourth-order valence-corrected chi connectivity index (χ4v) is 2.59. The third-order valence-electron chi connectivity index (χ3n) is 3.60. The van der Waals surface area contributed by atoms with E-state index in [2.05, 4.69) is 17.1 Å². The smallest absolute Gasteiger partial charge is 0.250 e. The molecule has 1 heterocycles. The summed E-state index contributed by atoms with van der Waals surface area (Å²) >= 11 is 11.1. The summed E-state index contributed by atoms with van der Waals surface area (Å²) in [5.74, 6) is 0.540. The SMILES string of the molecule is CC1CCN(C(=S)NC(=O)/C=C/c2ccc(Cl)cc2)CC1. The van der Waals surface area contributed by atoms with Gasteiger partial charge in [-0.25, -0.2) is 0 Å². The van der Waals surface area contributed by atoms with Gasteiger partial charge in [0.15, 0.2) is 5.11 Å². The highest BCUT2D eigenvalue weighted by molar-refractivity contribution is 7.80. The van der Waals surface area contributed by atoms with Crippen LogP contribution in [0.4, 0.5) is 0 Å². The molecule has 0 radical (unpaired) electrons. The maximum atomic E-state index is 11.9. The van der Waals surface area contributed by atoms with Gasteiger partial charge in [-0.15, -0.1) is 0 Å². The molecule has 1 aromatic carbocycles. The minimum atomic E-state index is -0.200. The van der Waals surface area contributed by atoms with Crippen molar-refractivity contribution >= 4 is 40.9 Å². The zero-order chi connectivity index (χ0) is 15.2. The number of benzene rings is 1. The van der Waals surface area contributed by atoms with E-state index in [0.29, 0.717) is 10.1 Å². The van der Waals surface area contributed by atoms with E-state index in [-0.39, 0.29) is 5.91 Å². The minimum absolute atomic E-state index is 0.200. The predicted molar refractivity (Wildman–Crippen MR) is 91.2 cm³/mol. The Morgan fingerprint density at radius 2 is 1.95 bits per heavy atom. The fourth-order valence-electron chi connectivity index (χ4n) is 2.18. The number of amides is 1. The normalized spacial score (nSPS) is 16.2. The molecule has 112 valence electrons. The third kappa shape index (κ3) is 5.14. The van der Waals surface area contributed by atoms with Gasteiger partial charge in [0.2, 0.25) is 5.91 Å². The molecule has 21 heavy (non-hydrogen) atoms. The van der Waals surface area contributed by atoms with E-state index in [1.54, 1.807) is 18.2 Å². The van der Waals surface area contributed by atoms with Crippen molar-refractivity contribution in [1.82, 2.24) is 10.2 Å². The second kappa shape index (κ2) is 7.57. The Hall–Kier alpha value is -1.39. The van der Waals surface area contributed by atoms with Gasteiger partial charge in [0.05, 0.1) is 0 Å². The first kappa shape index (κ1) is 16.0. The molecule has 0 saturated carbocycles. The summed E-state index contributed by atoms with van der Waals surface area (Å²) in [6.45, 7) is 4.08. The van der Waals surface area contributed by atoms with Crippen molar-refractivity contribution in [3.8, 4) is 0 Å². The van der Waals surface area contributed by atoms with Crippen molar-refractivity contribution in [2.75, 3.05) is 13.1 Å². The van der Waals surface area contributed by atoms with Gasteiger partial charge < -0.3 is 4.90 Å². The average molecular weight is 323 g/mol. The Morgan fingerprint density at radius 1 is 1.33 bits per heavy atom. The first-order chi connectivity index (χ1) is 10.0. The molecule has 0 unspecified atom stereocenters. The van der Waals surface area contributed by atoms with Crippen LogP contribution in [0.3, 0.4) is 0 Å². The van der Waals surface area contributed by atoms with Gasteiger partial charge in [0.25, 0.3) is 0 Å². The topological polar surface area (TPSA) is 32.3 Å². The van der Waals surface area contributed by atoms with Gasteiger partial charge in [0.1, 0.15) is 0 Å². The molecule has 0 atom stereocenters. The van der Waals surface area contributed by atoms with E-state index in [0.717, 1.165) is 37.4 Å². The van der Waals surface area contributed by atoms with E-state index < -0.39 is 0 Å². The van der Waals surface area contributed by atoms with Crippen molar-refractivity contribution in [3.63, 3.8) is 0 Å². The Kier molecular flexibility index (Phi) is 5.76. The average Bonchev–Trinajstić information content (AvgIpc) is 2.47. The van der Waals surface area contributed by atoms with Crippen molar-refractivity contribution in [2.24, 2.45) is 5.92 Å². The summed E-state index contributed by atoms with van der Waals surface area (Å²) in [5.41, 5.74) is 0.923. The van der Waals surface area contributed by atoms with Crippen LogP contribution in [-0.2, 0) is 4.79 Å². The van der Waals surface area contributed by atoms with Crippen LogP contribution < -0.4 is 5.32 Å². The third-order valence-corrected chi connectivity index (χ3v) is 4.21. The molecule has 0 bridgehead atoms. The van der Waals surface area contributed by atoms with Crippen molar-refractivity contribution < 1.29 is 4.79 Å². The zero-order valence-corrected chi connectivity index (χ0v) is 13.6. The number of carbonyl (C=O) groups is 1. The molecule has 1 amide bonds. The largest absolute Gasteiger partial charge is 0.349 e. The molecule has 2 rings (SSSR count). The van der Waals surface area contributed by atoms with Gasteiger partial charge in [-0.3, -0.25) is 10.1 Å². The monoisotopic (exact) mass is 322 g/mol. The summed E-state index contributed by atoms with van der Waals surface area (Å²) in [6, 6.07) is 7.30. The van der Waals surface area contributed by atoms with Crippen LogP contribution in [0.2, 0.25) is 5.02 Å². The van der Waals surface area contributed by atoms with Crippen LogP contribution in [0.25, 0.3) is 6.08 Å². The molecule has 1 aliphatic heterocycles. The standard InChI is InChI=1S/C16H19ClN2OS/c1-12-8-10-19(11-9-12)16(21)18-15(20)7-4-13-2-5-14(17)6-3-13/h2-7,12H,8-11H2,1H3,(H,18,20,21)/b7-4+. The van der Waals surface area contributed by atoms with Crippen LogP contribution in [0.1, 0.15) is 25.3 Å². The first-order valence-electron chi connectivity index (χ1n) is 7.08. The molecular formula is C16H19ClN2OS. The van der Waals surface area contributed by atoms with Gasteiger partial charge in [0, 0.05) is 24.2 Å². The Bertz CT molecular complexity index is 534. The van der Waals surface area contributed by atoms with Crippen LogP contribution in [0, 0.1) is 5.92 Å². The molecule has 1 aliphatic rings. The lowest BCUT2D eigenvalue weighted by atomic mass is 10.00. The number of hydrogen-bond acceptors (Lipinski definition) is 2. The molecule has 1 fully saturated rings. The predicted octanol–water partition coefficient (Wildman–Crippen LogP) is 3.49. The molecule has 3 nitrogen and oxygen atoms in total. The summed E-state index contributed by atoms with van der Waals surface area (Å²) in [5, 5.41) is 3.95. The molecule has 1 saturated heterocycles. The van der Waals surface area contributed by atoms with Gasteiger partial charge >= 0.3 is 0 Å². The molecule has 0 aromatic heterocycles. The second-order valence-electron chi connectivity index (χ2n) is 5.35. The van der Waals surface area contributed by atoms with E-state index >= 15 is 0 Å². The van der Waals surface area contributed by atoms with Gasteiger partial charge in [-0.2, -0.15) is 0 Å². The van der Waals surface area contributed by atoms with E-state index in [9.17, 15) is 4.79 Å². The minimum Gasteiger partial charge on any atom is -0.349 e. The number of hydrogen-bond donors (Lipinski definition) is 1. The van der Waals surface area contributed by atoms with Gasteiger partial charge in [-0.1, -0.05) is 30.7 Å². The Labute approximate surface area is 136 Å². The van der Waals surface area contributed by atoms with E-state index in [4.69, 9.17) is 23.8 Å². The highest BCUT2D eigenvalue weighted by Gasteiger charge is 2.18. The number of nitrogens with zero attached hydrogens (tertiary/aromatic N) is 1. The lowest BCUT2D eigenvalue weighted by Gasteiger charge is -2.31. The van der Waals surface area contributed by atoms with Crippen molar-refractivity contribution in [2.45, 2.75) is 19.8 Å². The van der Waals surface area contributed by atoms with Crippen molar-refractivity contribution in [3.05, 3.63) is 40.9 Å². The molecular weight excluding hydrogens is 304 g/mol. The summed E-state index contributed by atoms with van der Waals surface area (Å²) in [7, 11) is 0. The maximum Gasteiger partial charge on any atom is 0.250 e. The highest BCUT2D eigenvalue weighted by atomic mass is 35.5. The lowest BCUT2D eigenvalue weighted by Crippen LogP contribution is -2.45. The number of carbonyl (C=O) groups excluding carboxylic acids is 1. The molecule has 1 aromatic rings. The number of nitrogens with one attached hydrogen (secondary N) is 1. The molecule has 5 heteroatoms. The summed E-state index contributed by atoms with van der Waals surface area (Å²) < 4.78 is 0. The lowest BCUT2D eigenvalue weighted by molar-refractivity contribution is -0.115. The van der Waals surface area contributed by atoms with Crippen molar-refractivity contribution in [1.29, 1.82) is 0 Å². The maximum absolute atomic E-state index is 11.9. The van der Waals surface area contributed by atoms with Crippen LogP contribution >= 0.6 is 23.8 Å². The van der Waals surface area contributed by atoms with Crippen LogP contribution in [0.15, 0.2) is 30.3 Å². The van der Waals surface area contributed by atoms with E-state index in [1.165, 1.54) is 6.08 Å². The molecule has 0 spiro atoms. The molecule has 1 N–H and O–H groups in total. The number of thiocarbonyl (C=S) groups is 1. The number of likely N-dealkylation sites (tertiary alicyclic amines) is 1.